The number of hydrogen-bond acceptors (Lipinski definition) is 3. The third-order valence-corrected chi connectivity index (χ3v) is 3.40. The smallest absolute Gasteiger partial charge is 0.217 e. The van der Waals surface area contributed by atoms with Crippen molar-refractivity contribution in [2.24, 2.45) is 0 Å². The highest BCUT2D eigenvalue weighted by molar-refractivity contribution is 5.73. The summed E-state index contributed by atoms with van der Waals surface area (Å²) in [7, 11) is 0. The number of amides is 1. The molecule has 1 aromatic carbocycles. The molecule has 0 spiro atoms. The zero-order valence-electron chi connectivity index (χ0n) is 10.9. The highest BCUT2D eigenvalue weighted by Gasteiger charge is 2.23. The Morgan fingerprint density at radius 2 is 2.33 bits per heavy atom. The molecule has 2 rings (SSSR count). The highest BCUT2D eigenvalue weighted by atomic mass is 16.3. The molecular formula is C14H20N2O2. The van der Waals surface area contributed by atoms with Crippen LogP contribution in [-0.2, 0) is 11.3 Å². The summed E-state index contributed by atoms with van der Waals surface area (Å²) in [5, 5.41) is 12.9. The second kappa shape index (κ2) is 5.40. The van der Waals surface area contributed by atoms with E-state index < -0.39 is 0 Å². The molecule has 1 fully saturated rings. The first kappa shape index (κ1) is 12.9. The maximum atomic E-state index is 11.0. The minimum Gasteiger partial charge on any atom is -0.507 e. The van der Waals surface area contributed by atoms with Crippen LogP contribution in [0.2, 0.25) is 0 Å². The SMILES string of the molecule is CC(=O)NC1CCN(Cc2cccc(C)c2O)C1. The van der Waals surface area contributed by atoms with Gasteiger partial charge in [-0.25, -0.2) is 0 Å². The summed E-state index contributed by atoms with van der Waals surface area (Å²) in [5.74, 6) is 0.417. The number of nitrogens with one attached hydrogen (secondary N) is 1. The van der Waals surface area contributed by atoms with E-state index in [1.54, 1.807) is 6.92 Å². The molecule has 98 valence electrons. The molecular weight excluding hydrogens is 228 g/mol. The van der Waals surface area contributed by atoms with E-state index >= 15 is 0 Å². The summed E-state index contributed by atoms with van der Waals surface area (Å²) in [6.45, 7) is 6.01. The Kier molecular flexibility index (Phi) is 3.87. The van der Waals surface area contributed by atoms with E-state index in [-0.39, 0.29) is 11.9 Å². The van der Waals surface area contributed by atoms with E-state index in [4.69, 9.17) is 0 Å². The normalized spacial score (nSPS) is 20.0. The fourth-order valence-electron chi connectivity index (χ4n) is 2.47. The van der Waals surface area contributed by atoms with Gasteiger partial charge >= 0.3 is 0 Å². The Labute approximate surface area is 108 Å². The van der Waals surface area contributed by atoms with Gasteiger partial charge in [0.05, 0.1) is 0 Å². The molecule has 18 heavy (non-hydrogen) atoms. The number of carbonyl (C=O) groups excluding carboxylic acids is 1. The second-order valence-electron chi connectivity index (χ2n) is 5.00. The number of para-hydroxylation sites is 1. The largest absolute Gasteiger partial charge is 0.507 e. The van der Waals surface area contributed by atoms with Crippen LogP contribution in [0.15, 0.2) is 18.2 Å². The number of benzene rings is 1. The zero-order valence-corrected chi connectivity index (χ0v) is 10.9. The number of nitrogens with zero attached hydrogens (tertiary/aromatic N) is 1. The predicted molar refractivity (Wildman–Crippen MR) is 70.3 cm³/mol. The van der Waals surface area contributed by atoms with Gasteiger partial charge in [-0.2, -0.15) is 0 Å². The standard InChI is InChI=1S/C14H20N2O2/c1-10-4-3-5-12(14(10)18)8-16-7-6-13(9-16)15-11(2)17/h3-5,13,18H,6-9H2,1-2H3,(H,15,17). The topological polar surface area (TPSA) is 52.6 Å². The third kappa shape index (κ3) is 3.01. The summed E-state index contributed by atoms with van der Waals surface area (Å²) in [6, 6.07) is 6.07. The van der Waals surface area contributed by atoms with E-state index in [0.29, 0.717) is 5.75 Å². The van der Waals surface area contributed by atoms with E-state index in [2.05, 4.69) is 10.2 Å². The molecule has 1 aliphatic heterocycles. The van der Waals surface area contributed by atoms with Gasteiger partial charge in [0.1, 0.15) is 5.75 Å². The zero-order chi connectivity index (χ0) is 13.1. The van der Waals surface area contributed by atoms with Gasteiger partial charge in [-0.3, -0.25) is 9.69 Å². The molecule has 4 nitrogen and oxygen atoms in total. The van der Waals surface area contributed by atoms with Crippen LogP contribution >= 0.6 is 0 Å². The molecule has 1 unspecified atom stereocenters. The second-order valence-corrected chi connectivity index (χ2v) is 5.00. The molecule has 1 atom stereocenters. The van der Waals surface area contributed by atoms with Gasteiger partial charge < -0.3 is 10.4 Å². The molecule has 0 aromatic heterocycles. The fraction of sp³-hybridized carbons (Fsp3) is 0.500. The minimum atomic E-state index is 0.0280. The Bertz CT molecular complexity index is 445. The van der Waals surface area contributed by atoms with Crippen molar-refractivity contribution >= 4 is 5.91 Å². The Hall–Kier alpha value is -1.55. The van der Waals surface area contributed by atoms with Crippen molar-refractivity contribution in [1.82, 2.24) is 10.2 Å². The van der Waals surface area contributed by atoms with Crippen molar-refractivity contribution in [3.63, 3.8) is 0 Å². The van der Waals surface area contributed by atoms with E-state index in [1.165, 1.54) is 0 Å². The Morgan fingerprint density at radius 3 is 3.06 bits per heavy atom. The summed E-state index contributed by atoms with van der Waals surface area (Å²) in [5.41, 5.74) is 1.86. The molecule has 1 aromatic rings. The number of aromatic hydroxyl groups is 1. The highest BCUT2D eigenvalue weighted by Crippen LogP contribution is 2.24. The van der Waals surface area contributed by atoms with Crippen molar-refractivity contribution < 1.29 is 9.90 Å². The summed E-state index contributed by atoms with van der Waals surface area (Å²) in [4.78, 5) is 13.3. The molecule has 0 radical (unpaired) electrons. The maximum absolute atomic E-state index is 11.0. The number of rotatable bonds is 3. The first-order valence-corrected chi connectivity index (χ1v) is 6.33. The molecule has 0 bridgehead atoms. The number of hydrogen-bond donors (Lipinski definition) is 2. The van der Waals surface area contributed by atoms with Crippen molar-refractivity contribution in [2.75, 3.05) is 13.1 Å². The summed E-state index contributed by atoms with van der Waals surface area (Å²) >= 11 is 0. The lowest BCUT2D eigenvalue weighted by molar-refractivity contribution is -0.119. The molecule has 0 saturated carbocycles. The van der Waals surface area contributed by atoms with Crippen LogP contribution in [0.4, 0.5) is 0 Å². The van der Waals surface area contributed by atoms with E-state index in [0.717, 1.165) is 37.2 Å². The maximum Gasteiger partial charge on any atom is 0.217 e. The molecule has 0 aliphatic carbocycles. The number of likely N-dealkylation sites (tertiary alicyclic amines) is 1. The number of aryl methyl sites for hydroxylation is 1. The monoisotopic (exact) mass is 248 g/mol. The number of carbonyl (C=O) groups is 1. The van der Waals surface area contributed by atoms with Crippen molar-refractivity contribution in [3.8, 4) is 5.75 Å². The Morgan fingerprint density at radius 1 is 1.56 bits per heavy atom. The number of phenolic OH excluding ortho intramolecular Hbond substituents is 1. The summed E-state index contributed by atoms with van der Waals surface area (Å²) in [6.07, 6.45) is 0.978. The minimum absolute atomic E-state index is 0.0280. The van der Waals surface area contributed by atoms with Gasteiger partial charge in [0, 0.05) is 38.2 Å². The van der Waals surface area contributed by atoms with Crippen LogP contribution < -0.4 is 5.32 Å². The first-order valence-electron chi connectivity index (χ1n) is 6.33. The van der Waals surface area contributed by atoms with Crippen molar-refractivity contribution in [2.45, 2.75) is 32.9 Å². The molecule has 1 heterocycles. The predicted octanol–water partition coefficient (Wildman–Crippen LogP) is 1.41. The van der Waals surface area contributed by atoms with Gasteiger partial charge in [0.15, 0.2) is 0 Å². The average molecular weight is 248 g/mol. The molecule has 2 N–H and O–H groups in total. The Balaban J connectivity index is 1.95. The lowest BCUT2D eigenvalue weighted by Gasteiger charge is -2.17. The van der Waals surface area contributed by atoms with Gasteiger partial charge in [0.25, 0.3) is 0 Å². The van der Waals surface area contributed by atoms with Crippen LogP contribution in [0.1, 0.15) is 24.5 Å². The van der Waals surface area contributed by atoms with Gasteiger partial charge in [-0.1, -0.05) is 18.2 Å². The fourth-order valence-corrected chi connectivity index (χ4v) is 2.47. The van der Waals surface area contributed by atoms with Gasteiger partial charge in [-0.05, 0) is 18.9 Å². The van der Waals surface area contributed by atoms with E-state index in [9.17, 15) is 9.90 Å². The first-order chi connectivity index (χ1) is 8.56. The van der Waals surface area contributed by atoms with Crippen LogP contribution in [0.25, 0.3) is 0 Å². The average Bonchev–Trinajstić information content (AvgIpc) is 2.71. The lowest BCUT2D eigenvalue weighted by Crippen LogP contribution is -2.35. The van der Waals surface area contributed by atoms with Crippen LogP contribution in [0.5, 0.6) is 5.75 Å². The van der Waals surface area contributed by atoms with Crippen molar-refractivity contribution in [3.05, 3.63) is 29.3 Å². The van der Waals surface area contributed by atoms with Crippen molar-refractivity contribution in [1.29, 1.82) is 0 Å². The molecule has 1 amide bonds. The van der Waals surface area contributed by atoms with Gasteiger partial charge in [0.2, 0.25) is 5.91 Å². The van der Waals surface area contributed by atoms with Crippen LogP contribution in [-0.4, -0.2) is 35.0 Å². The molecule has 4 heteroatoms. The van der Waals surface area contributed by atoms with Crippen LogP contribution in [0, 0.1) is 6.92 Å². The number of phenols is 1. The van der Waals surface area contributed by atoms with Crippen LogP contribution in [0.3, 0.4) is 0 Å². The summed E-state index contributed by atoms with van der Waals surface area (Å²) < 4.78 is 0. The molecule has 1 saturated heterocycles. The third-order valence-electron chi connectivity index (χ3n) is 3.40. The lowest BCUT2D eigenvalue weighted by atomic mass is 10.1. The quantitative estimate of drug-likeness (QED) is 0.850. The van der Waals surface area contributed by atoms with E-state index in [1.807, 2.05) is 25.1 Å². The molecule has 1 aliphatic rings. The van der Waals surface area contributed by atoms with Gasteiger partial charge in [-0.15, -0.1) is 0 Å².